The third kappa shape index (κ3) is 2.39. The van der Waals surface area contributed by atoms with Crippen LogP contribution in [0.2, 0.25) is 5.02 Å². The molecule has 0 radical (unpaired) electrons. The van der Waals surface area contributed by atoms with Crippen LogP contribution in [0.1, 0.15) is 22.8 Å². The Hall–Kier alpha value is -1.73. The molecule has 0 bridgehead atoms. The van der Waals surface area contributed by atoms with E-state index in [2.05, 4.69) is 0 Å². The molecule has 0 aliphatic heterocycles. The van der Waals surface area contributed by atoms with Crippen molar-refractivity contribution in [2.24, 2.45) is 0 Å². The Morgan fingerprint density at radius 2 is 2.33 bits per heavy atom. The fourth-order valence-electron chi connectivity index (χ4n) is 1.08. The van der Waals surface area contributed by atoms with Crippen LogP contribution in [0.5, 0.6) is 5.75 Å². The molecule has 15 heavy (non-hydrogen) atoms. The third-order valence-corrected chi connectivity index (χ3v) is 1.91. The second kappa shape index (κ2) is 4.67. The van der Waals surface area contributed by atoms with Crippen LogP contribution in [0.4, 0.5) is 0 Å². The number of carbonyl (C=O) groups is 1. The minimum atomic E-state index is -0.674. The van der Waals surface area contributed by atoms with E-state index in [0.29, 0.717) is 0 Å². The molecule has 0 saturated heterocycles. The summed E-state index contributed by atoms with van der Waals surface area (Å²) >= 11 is 5.65. The van der Waals surface area contributed by atoms with E-state index in [1.54, 1.807) is 13.0 Å². The molecule has 0 saturated carbocycles. The normalized spacial score (nSPS) is 9.40. The number of rotatable bonds is 2. The Balaban J connectivity index is 3.28. The van der Waals surface area contributed by atoms with E-state index in [0.717, 1.165) is 0 Å². The summed E-state index contributed by atoms with van der Waals surface area (Å²) in [5, 5.41) is 18.3. The van der Waals surface area contributed by atoms with Gasteiger partial charge in [-0.3, -0.25) is 0 Å². The van der Waals surface area contributed by atoms with Crippen molar-refractivity contribution in [2.45, 2.75) is 6.92 Å². The van der Waals surface area contributed by atoms with Crippen LogP contribution in [0.25, 0.3) is 0 Å². The first-order valence-electron chi connectivity index (χ1n) is 4.19. The van der Waals surface area contributed by atoms with E-state index in [-0.39, 0.29) is 28.5 Å². The van der Waals surface area contributed by atoms with Crippen LogP contribution in [-0.4, -0.2) is 17.7 Å². The molecule has 78 valence electrons. The van der Waals surface area contributed by atoms with Crippen molar-refractivity contribution >= 4 is 17.6 Å². The molecule has 0 aliphatic carbocycles. The lowest BCUT2D eigenvalue weighted by Crippen LogP contribution is -2.07. The molecular formula is C10H8ClNO3. The molecule has 0 aromatic heterocycles. The molecule has 1 aromatic rings. The number of esters is 1. The Kier molecular flexibility index (Phi) is 3.53. The highest BCUT2D eigenvalue weighted by Crippen LogP contribution is 2.26. The molecule has 0 spiro atoms. The van der Waals surface area contributed by atoms with Crippen molar-refractivity contribution in [3.63, 3.8) is 0 Å². The lowest BCUT2D eigenvalue weighted by atomic mass is 10.1. The average Bonchev–Trinajstić information content (AvgIpc) is 2.17. The summed E-state index contributed by atoms with van der Waals surface area (Å²) in [5.74, 6) is -1.00. The standard InChI is InChI=1S/C10H8ClNO3/c1-2-15-10(14)7-3-6(11)4-9(13)8(7)5-12/h3-4,13H,2H2,1H3. The summed E-state index contributed by atoms with van der Waals surface area (Å²) in [6, 6.07) is 4.21. The fraction of sp³-hybridized carbons (Fsp3) is 0.200. The van der Waals surface area contributed by atoms with Crippen molar-refractivity contribution in [3.8, 4) is 11.8 Å². The molecule has 0 unspecified atom stereocenters. The number of ether oxygens (including phenoxy) is 1. The van der Waals surface area contributed by atoms with Crippen LogP contribution < -0.4 is 0 Å². The summed E-state index contributed by atoms with van der Waals surface area (Å²) < 4.78 is 4.72. The molecule has 4 nitrogen and oxygen atoms in total. The van der Waals surface area contributed by atoms with Gasteiger partial charge in [-0.2, -0.15) is 5.26 Å². The SMILES string of the molecule is CCOC(=O)c1cc(Cl)cc(O)c1C#N. The molecule has 0 heterocycles. The van der Waals surface area contributed by atoms with Crippen LogP contribution in [0.15, 0.2) is 12.1 Å². The predicted molar refractivity (Wildman–Crippen MR) is 53.8 cm³/mol. The maximum Gasteiger partial charge on any atom is 0.339 e. The van der Waals surface area contributed by atoms with Gasteiger partial charge in [-0.05, 0) is 19.1 Å². The number of hydrogen-bond donors (Lipinski definition) is 1. The van der Waals surface area contributed by atoms with E-state index < -0.39 is 5.97 Å². The molecule has 1 rings (SSSR count). The largest absolute Gasteiger partial charge is 0.506 e. The molecule has 0 aliphatic rings. The number of phenolic OH excluding ortho intramolecular Hbond substituents is 1. The van der Waals surface area contributed by atoms with Crippen LogP contribution in [-0.2, 0) is 4.74 Å². The van der Waals surface area contributed by atoms with Gasteiger partial charge in [0.2, 0.25) is 0 Å². The Bertz CT molecular complexity index is 437. The van der Waals surface area contributed by atoms with E-state index in [1.807, 2.05) is 0 Å². The fourth-order valence-corrected chi connectivity index (χ4v) is 1.29. The Morgan fingerprint density at radius 3 is 2.87 bits per heavy atom. The average molecular weight is 226 g/mol. The summed E-state index contributed by atoms with van der Waals surface area (Å²) in [4.78, 5) is 11.4. The van der Waals surface area contributed by atoms with Gasteiger partial charge in [0.05, 0.1) is 12.2 Å². The number of aromatic hydroxyl groups is 1. The lowest BCUT2D eigenvalue weighted by Gasteiger charge is -2.05. The highest BCUT2D eigenvalue weighted by molar-refractivity contribution is 6.31. The number of nitrogens with zero attached hydrogens (tertiary/aromatic N) is 1. The monoisotopic (exact) mass is 225 g/mol. The smallest absolute Gasteiger partial charge is 0.339 e. The molecule has 0 amide bonds. The number of nitriles is 1. The first-order chi connectivity index (χ1) is 7.10. The second-order valence-corrected chi connectivity index (χ2v) is 3.12. The van der Waals surface area contributed by atoms with Gasteiger partial charge in [0, 0.05) is 5.02 Å². The Morgan fingerprint density at radius 1 is 1.67 bits per heavy atom. The summed E-state index contributed by atoms with van der Waals surface area (Å²) in [5.41, 5.74) is -0.151. The maximum absolute atomic E-state index is 11.4. The zero-order valence-electron chi connectivity index (χ0n) is 7.95. The van der Waals surface area contributed by atoms with Crippen molar-refractivity contribution in [1.29, 1.82) is 5.26 Å². The van der Waals surface area contributed by atoms with Gasteiger partial charge < -0.3 is 9.84 Å². The third-order valence-electron chi connectivity index (χ3n) is 1.69. The molecule has 1 N–H and O–H groups in total. The zero-order chi connectivity index (χ0) is 11.4. The van der Waals surface area contributed by atoms with E-state index in [9.17, 15) is 9.90 Å². The van der Waals surface area contributed by atoms with E-state index in [1.165, 1.54) is 12.1 Å². The first-order valence-corrected chi connectivity index (χ1v) is 4.57. The Labute approximate surface area is 91.7 Å². The molecular weight excluding hydrogens is 218 g/mol. The number of hydrogen-bond acceptors (Lipinski definition) is 4. The van der Waals surface area contributed by atoms with Crippen molar-refractivity contribution in [2.75, 3.05) is 6.61 Å². The lowest BCUT2D eigenvalue weighted by molar-refractivity contribution is 0.0525. The topological polar surface area (TPSA) is 70.3 Å². The van der Waals surface area contributed by atoms with Crippen LogP contribution >= 0.6 is 11.6 Å². The van der Waals surface area contributed by atoms with Crippen molar-refractivity contribution in [3.05, 3.63) is 28.3 Å². The number of carbonyl (C=O) groups excluding carboxylic acids is 1. The second-order valence-electron chi connectivity index (χ2n) is 2.68. The first kappa shape index (κ1) is 11.3. The van der Waals surface area contributed by atoms with Gasteiger partial charge in [0.15, 0.2) is 0 Å². The van der Waals surface area contributed by atoms with Gasteiger partial charge in [0.1, 0.15) is 17.4 Å². The maximum atomic E-state index is 11.4. The number of benzene rings is 1. The van der Waals surface area contributed by atoms with Crippen LogP contribution in [0.3, 0.4) is 0 Å². The summed E-state index contributed by atoms with van der Waals surface area (Å²) in [6.07, 6.45) is 0. The minimum absolute atomic E-state index is 0.0237. The molecule has 1 aromatic carbocycles. The van der Waals surface area contributed by atoms with Crippen LogP contribution in [0, 0.1) is 11.3 Å². The molecule has 0 atom stereocenters. The highest BCUT2D eigenvalue weighted by Gasteiger charge is 2.17. The number of halogens is 1. The summed E-state index contributed by atoms with van der Waals surface area (Å²) in [7, 11) is 0. The highest BCUT2D eigenvalue weighted by atomic mass is 35.5. The van der Waals surface area contributed by atoms with Gasteiger partial charge in [-0.25, -0.2) is 4.79 Å². The zero-order valence-corrected chi connectivity index (χ0v) is 8.71. The molecule has 0 fully saturated rings. The van der Waals surface area contributed by atoms with E-state index in [4.69, 9.17) is 21.6 Å². The molecule has 5 heteroatoms. The van der Waals surface area contributed by atoms with Gasteiger partial charge in [-0.1, -0.05) is 11.6 Å². The quantitative estimate of drug-likeness (QED) is 0.783. The van der Waals surface area contributed by atoms with Gasteiger partial charge >= 0.3 is 5.97 Å². The van der Waals surface area contributed by atoms with Gasteiger partial charge in [-0.15, -0.1) is 0 Å². The minimum Gasteiger partial charge on any atom is -0.506 e. The van der Waals surface area contributed by atoms with E-state index >= 15 is 0 Å². The summed E-state index contributed by atoms with van der Waals surface area (Å²) in [6.45, 7) is 1.84. The number of phenols is 1. The van der Waals surface area contributed by atoms with Crippen molar-refractivity contribution < 1.29 is 14.6 Å². The predicted octanol–water partition coefficient (Wildman–Crippen LogP) is 2.09. The van der Waals surface area contributed by atoms with Gasteiger partial charge in [0.25, 0.3) is 0 Å². The van der Waals surface area contributed by atoms with Crippen molar-refractivity contribution in [1.82, 2.24) is 0 Å².